The number of fused-ring (bicyclic) bond motifs is 1. The molecule has 0 saturated heterocycles. The molecule has 30 heavy (non-hydrogen) atoms. The lowest BCUT2D eigenvalue weighted by atomic mass is 10.1. The Morgan fingerprint density at radius 2 is 1.67 bits per heavy atom. The smallest absolute Gasteiger partial charge is 0.351 e. The number of thiazole rings is 1. The van der Waals surface area contributed by atoms with E-state index in [1.807, 2.05) is 66.0 Å². The first-order valence-electron chi connectivity index (χ1n) is 9.00. The molecule has 0 atom stereocenters. The third-order valence-electron chi connectivity index (χ3n) is 4.47. The van der Waals surface area contributed by atoms with E-state index in [9.17, 15) is 9.59 Å². The van der Waals surface area contributed by atoms with Gasteiger partial charge in [-0.3, -0.25) is 10.1 Å². The highest BCUT2D eigenvalue weighted by Gasteiger charge is 2.20. The number of hydrogen-bond acceptors (Lipinski definition) is 7. The number of aromatic nitrogens is 2. The summed E-state index contributed by atoms with van der Waals surface area (Å²) in [5, 5.41) is 9.30. The Morgan fingerprint density at radius 3 is 2.40 bits per heavy atom. The third kappa shape index (κ3) is 3.29. The Bertz CT molecular complexity index is 1400. The van der Waals surface area contributed by atoms with Gasteiger partial charge in [0.25, 0.3) is 5.91 Å². The standard InChI is InChI=1S/C22H13N3O4S/c26-19(24-22-23-17(12-30-22)13-7-3-1-4-8-13)16-11-15-18(14-9-5-2-6-10-14)25-29-21(15)28-20(16)27/h1-12H,(H,23,24,26). The minimum absolute atomic E-state index is 0.0315. The molecule has 0 aliphatic carbocycles. The Kier molecular flexibility index (Phi) is 4.45. The average Bonchev–Trinajstić information content (AvgIpc) is 3.41. The van der Waals surface area contributed by atoms with Gasteiger partial charge in [-0.2, -0.15) is 0 Å². The van der Waals surface area contributed by atoms with E-state index in [1.54, 1.807) is 0 Å². The molecule has 0 fully saturated rings. The lowest BCUT2D eigenvalue weighted by molar-refractivity contribution is 0.102. The van der Waals surface area contributed by atoms with Crippen LogP contribution < -0.4 is 10.9 Å². The van der Waals surface area contributed by atoms with Crippen molar-refractivity contribution in [2.75, 3.05) is 5.32 Å². The molecule has 0 aliphatic heterocycles. The molecule has 146 valence electrons. The molecule has 0 radical (unpaired) electrons. The van der Waals surface area contributed by atoms with Crippen LogP contribution in [0.4, 0.5) is 5.13 Å². The van der Waals surface area contributed by atoms with Gasteiger partial charge in [-0.05, 0) is 6.07 Å². The lowest BCUT2D eigenvalue weighted by Gasteiger charge is -2.01. The summed E-state index contributed by atoms with van der Waals surface area (Å²) in [6.07, 6.45) is 0. The number of rotatable bonds is 4. The van der Waals surface area contributed by atoms with Crippen molar-refractivity contribution in [3.8, 4) is 22.5 Å². The van der Waals surface area contributed by atoms with Gasteiger partial charge < -0.3 is 8.94 Å². The molecule has 7 nitrogen and oxygen atoms in total. The molecule has 2 aromatic carbocycles. The van der Waals surface area contributed by atoms with E-state index < -0.39 is 11.5 Å². The van der Waals surface area contributed by atoms with Crippen molar-refractivity contribution >= 4 is 33.5 Å². The zero-order valence-corrected chi connectivity index (χ0v) is 16.2. The fraction of sp³-hybridized carbons (Fsp3) is 0. The number of amides is 1. The molecule has 8 heteroatoms. The quantitative estimate of drug-likeness (QED) is 0.452. The molecule has 5 rings (SSSR count). The van der Waals surface area contributed by atoms with Crippen LogP contribution in [0.1, 0.15) is 10.4 Å². The van der Waals surface area contributed by atoms with Crippen LogP contribution in [0.5, 0.6) is 0 Å². The molecule has 3 aromatic heterocycles. The topological polar surface area (TPSA) is 98.2 Å². The van der Waals surface area contributed by atoms with Crippen molar-refractivity contribution in [2.24, 2.45) is 0 Å². The number of benzene rings is 2. The summed E-state index contributed by atoms with van der Waals surface area (Å²) < 4.78 is 10.3. The first-order chi connectivity index (χ1) is 14.7. The molecule has 3 heterocycles. The largest absolute Gasteiger partial charge is 0.387 e. The number of carbonyl (C=O) groups is 1. The van der Waals surface area contributed by atoms with Gasteiger partial charge in [0.15, 0.2) is 5.13 Å². The van der Waals surface area contributed by atoms with Crippen molar-refractivity contribution in [3.63, 3.8) is 0 Å². The van der Waals surface area contributed by atoms with Crippen molar-refractivity contribution < 1.29 is 13.7 Å². The number of anilines is 1. The van der Waals surface area contributed by atoms with Gasteiger partial charge >= 0.3 is 11.4 Å². The van der Waals surface area contributed by atoms with Crippen molar-refractivity contribution in [2.45, 2.75) is 0 Å². The first kappa shape index (κ1) is 18.0. The number of nitrogens with one attached hydrogen (secondary N) is 1. The molecule has 0 saturated carbocycles. The Morgan fingerprint density at radius 1 is 0.967 bits per heavy atom. The zero-order valence-electron chi connectivity index (χ0n) is 15.4. The van der Waals surface area contributed by atoms with E-state index in [-0.39, 0.29) is 11.3 Å². The fourth-order valence-corrected chi connectivity index (χ4v) is 3.74. The maximum atomic E-state index is 12.7. The first-order valence-corrected chi connectivity index (χ1v) is 9.88. The van der Waals surface area contributed by atoms with Crippen LogP contribution >= 0.6 is 11.3 Å². The van der Waals surface area contributed by atoms with E-state index in [1.165, 1.54) is 17.4 Å². The molecule has 1 amide bonds. The molecular weight excluding hydrogens is 402 g/mol. The highest BCUT2D eigenvalue weighted by Crippen LogP contribution is 2.28. The van der Waals surface area contributed by atoms with Crippen LogP contribution in [0, 0.1) is 0 Å². The minimum atomic E-state index is -0.810. The average molecular weight is 415 g/mol. The van der Waals surface area contributed by atoms with Crippen molar-refractivity contribution in [3.05, 3.63) is 88.1 Å². The second kappa shape index (κ2) is 7.41. The molecule has 0 aliphatic rings. The summed E-state index contributed by atoms with van der Waals surface area (Å²) in [7, 11) is 0. The normalized spacial score (nSPS) is 10.9. The molecule has 0 spiro atoms. The predicted molar refractivity (Wildman–Crippen MR) is 113 cm³/mol. The number of hydrogen-bond donors (Lipinski definition) is 1. The van der Waals surface area contributed by atoms with Crippen LogP contribution in [0.3, 0.4) is 0 Å². The molecule has 5 aromatic rings. The minimum Gasteiger partial charge on any atom is -0.387 e. The van der Waals surface area contributed by atoms with E-state index in [4.69, 9.17) is 8.94 Å². The van der Waals surface area contributed by atoms with Gasteiger partial charge in [-0.1, -0.05) is 65.8 Å². The lowest BCUT2D eigenvalue weighted by Crippen LogP contribution is -2.20. The Hall–Kier alpha value is -4.04. The summed E-state index contributed by atoms with van der Waals surface area (Å²) in [6, 6.07) is 20.3. The highest BCUT2D eigenvalue weighted by molar-refractivity contribution is 7.14. The van der Waals surface area contributed by atoms with E-state index in [2.05, 4.69) is 15.5 Å². The monoisotopic (exact) mass is 415 g/mol. The predicted octanol–water partition coefficient (Wildman–Crippen LogP) is 4.82. The third-order valence-corrected chi connectivity index (χ3v) is 5.23. The molecule has 1 N–H and O–H groups in total. The summed E-state index contributed by atoms with van der Waals surface area (Å²) in [4.78, 5) is 29.5. The van der Waals surface area contributed by atoms with Gasteiger partial charge in [0.2, 0.25) is 0 Å². The zero-order chi connectivity index (χ0) is 20.5. The second-order valence-electron chi connectivity index (χ2n) is 6.40. The maximum absolute atomic E-state index is 12.7. The summed E-state index contributed by atoms with van der Waals surface area (Å²) in [5.41, 5.74) is 1.98. The van der Waals surface area contributed by atoms with E-state index in [0.717, 1.165) is 16.8 Å². The Balaban J connectivity index is 1.47. The molecular formula is C22H13N3O4S. The number of nitrogens with zero attached hydrogens (tertiary/aromatic N) is 2. The van der Waals surface area contributed by atoms with Gasteiger partial charge in [0.1, 0.15) is 11.3 Å². The SMILES string of the molecule is O=C(Nc1nc(-c2ccccc2)cs1)c1cc2c(-c3ccccc3)noc2oc1=O. The van der Waals surface area contributed by atoms with E-state index >= 15 is 0 Å². The van der Waals surface area contributed by atoms with Crippen LogP contribution in [0.15, 0.2) is 85.8 Å². The summed E-state index contributed by atoms with van der Waals surface area (Å²) in [5.74, 6) is -0.643. The fourth-order valence-electron chi connectivity index (χ4n) is 3.03. The van der Waals surface area contributed by atoms with Gasteiger partial charge in [-0.15, -0.1) is 11.3 Å². The van der Waals surface area contributed by atoms with Crippen LogP contribution in [0.2, 0.25) is 0 Å². The van der Waals surface area contributed by atoms with Crippen molar-refractivity contribution in [1.29, 1.82) is 0 Å². The maximum Gasteiger partial charge on any atom is 0.351 e. The van der Waals surface area contributed by atoms with Crippen LogP contribution in [-0.4, -0.2) is 16.0 Å². The van der Waals surface area contributed by atoms with E-state index in [0.29, 0.717) is 16.2 Å². The van der Waals surface area contributed by atoms with Gasteiger partial charge in [0, 0.05) is 16.5 Å². The van der Waals surface area contributed by atoms with Crippen LogP contribution in [-0.2, 0) is 0 Å². The highest BCUT2D eigenvalue weighted by atomic mass is 32.1. The second-order valence-corrected chi connectivity index (χ2v) is 7.26. The van der Waals surface area contributed by atoms with Gasteiger partial charge in [0.05, 0.1) is 11.1 Å². The number of carbonyl (C=O) groups excluding carboxylic acids is 1. The summed E-state index contributed by atoms with van der Waals surface area (Å²) in [6.45, 7) is 0. The molecule has 0 bridgehead atoms. The summed E-state index contributed by atoms with van der Waals surface area (Å²) >= 11 is 1.27. The Labute approximate surface area is 173 Å². The molecule has 0 unspecified atom stereocenters. The van der Waals surface area contributed by atoms with Crippen molar-refractivity contribution in [1.82, 2.24) is 10.1 Å². The van der Waals surface area contributed by atoms with Gasteiger partial charge in [-0.25, -0.2) is 9.78 Å². The van der Waals surface area contributed by atoms with Crippen LogP contribution in [0.25, 0.3) is 33.7 Å².